The SMILES string of the molecule is CCCCCCCCCCCC[N+]([O-])(O)O.[NaH]. The summed E-state index contributed by atoms with van der Waals surface area (Å²) in [6, 6.07) is 0. The maximum absolute atomic E-state index is 10.4. The van der Waals surface area contributed by atoms with Crippen LogP contribution in [0, 0.1) is 5.21 Å². The summed E-state index contributed by atoms with van der Waals surface area (Å²) in [5, 5.41) is 27.3. The van der Waals surface area contributed by atoms with E-state index in [0.29, 0.717) is 6.42 Å². The Morgan fingerprint density at radius 1 is 0.765 bits per heavy atom. The van der Waals surface area contributed by atoms with Gasteiger partial charge in [-0.05, 0) is 6.42 Å². The summed E-state index contributed by atoms with van der Waals surface area (Å²) in [5.41, 5.74) is 0. The first-order valence-corrected chi connectivity index (χ1v) is 6.61. The summed E-state index contributed by atoms with van der Waals surface area (Å²) in [5.74, 6) is 0. The molecular weight excluding hydrogens is 229 g/mol. The van der Waals surface area contributed by atoms with Gasteiger partial charge in [-0.1, -0.05) is 63.3 Å². The molecule has 0 aromatic carbocycles. The van der Waals surface area contributed by atoms with Crippen LogP contribution in [0.25, 0.3) is 0 Å². The van der Waals surface area contributed by atoms with Gasteiger partial charge in [0.05, 0.1) is 0 Å². The zero-order chi connectivity index (χ0) is 12.3. The molecule has 0 aliphatic rings. The Hall–Kier alpha value is 0.840. The average molecular weight is 257 g/mol. The first-order valence-electron chi connectivity index (χ1n) is 6.61. The fourth-order valence-electron chi connectivity index (χ4n) is 1.81. The summed E-state index contributed by atoms with van der Waals surface area (Å²) in [6.45, 7) is 2.10. The number of rotatable bonds is 11. The Kier molecular flexibility index (Phi) is 15.7. The predicted octanol–water partition coefficient (Wildman–Crippen LogP) is 3.35. The molecule has 0 heterocycles. The third-order valence-corrected chi connectivity index (χ3v) is 2.80. The molecule has 100 valence electrons. The van der Waals surface area contributed by atoms with Gasteiger partial charge in [0.25, 0.3) is 0 Å². The molecule has 0 aromatic heterocycles. The van der Waals surface area contributed by atoms with E-state index < -0.39 is 4.97 Å². The van der Waals surface area contributed by atoms with E-state index in [1.807, 2.05) is 0 Å². The van der Waals surface area contributed by atoms with Crippen LogP contribution in [0.5, 0.6) is 0 Å². The van der Waals surface area contributed by atoms with Crippen molar-refractivity contribution in [1.82, 2.24) is 0 Å². The molecule has 0 rings (SSSR count). The van der Waals surface area contributed by atoms with Crippen LogP contribution in [0.3, 0.4) is 0 Å². The fraction of sp³-hybridized carbons (Fsp3) is 1.00. The summed E-state index contributed by atoms with van der Waals surface area (Å²) >= 11 is 0. The molecule has 0 aliphatic heterocycles. The predicted molar refractivity (Wildman–Crippen MR) is 71.1 cm³/mol. The van der Waals surface area contributed by atoms with Crippen molar-refractivity contribution in [2.45, 2.75) is 71.1 Å². The summed E-state index contributed by atoms with van der Waals surface area (Å²) in [6.07, 6.45) is 11.7. The number of hydroxylamine groups is 3. The van der Waals surface area contributed by atoms with E-state index in [1.165, 1.54) is 44.9 Å². The quantitative estimate of drug-likeness (QED) is 0.258. The molecule has 0 saturated heterocycles. The number of nitrogens with zero attached hydrogens (tertiary/aromatic N) is 1. The van der Waals surface area contributed by atoms with E-state index >= 15 is 0 Å². The number of quaternary nitrogens is 1. The topological polar surface area (TPSA) is 63.5 Å². The van der Waals surface area contributed by atoms with Gasteiger partial charge in [-0.25, -0.2) is 0 Å². The van der Waals surface area contributed by atoms with E-state index in [0.717, 1.165) is 12.8 Å². The molecule has 0 aliphatic carbocycles. The van der Waals surface area contributed by atoms with Gasteiger partial charge in [-0.2, -0.15) is 10.4 Å². The van der Waals surface area contributed by atoms with Crippen molar-refractivity contribution >= 4 is 29.6 Å². The molecular formula is C12H28NNaO3. The van der Waals surface area contributed by atoms with E-state index in [2.05, 4.69) is 6.92 Å². The molecule has 0 saturated carbocycles. The van der Waals surface area contributed by atoms with Crippen LogP contribution in [0.15, 0.2) is 0 Å². The molecule has 0 unspecified atom stereocenters. The van der Waals surface area contributed by atoms with Crippen LogP contribution in [0.1, 0.15) is 71.1 Å². The van der Waals surface area contributed by atoms with Crippen LogP contribution >= 0.6 is 0 Å². The summed E-state index contributed by atoms with van der Waals surface area (Å²) in [7, 11) is 0. The second-order valence-corrected chi connectivity index (χ2v) is 4.57. The summed E-state index contributed by atoms with van der Waals surface area (Å²) < 4.78 is 0. The van der Waals surface area contributed by atoms with E-state index in [1.54, 1.807) is 0 Å². The van der Waals surface area contributed by atoms with Gasteiger partial charge >= 0.3 is 29.6 Å². The molecule has 4 nitrogen and oxygen atoms in total. The monoisotopic (exact) mass is 257 g/mol. The second-order valence-electron chi connectivity index (χ2n) is 4.57. The summed E-state index contributed by atoms with van der Waals surface area (Å²) in [4.78, 5) is -2.13. The van der Waals surface area contributed by atoms with E-state index in [-0.39, 0.29) is 36.1 Å². The zero-order valence-corrected chi connectivity index (χ0v) is 10.5. The van der Waals surface area contributed by atoms with Crippen molar-refractivity contribution in [1.29, 1.82) is 0 Å². The van der Waals surface area contributed by atoms with Crippen molar-refractivity contribution in [3.05, 3.63) is 5.21 Å². The molecule has 0 radical (unpaired) electrons. The normalized spacial score (nSPS) is 11.3. The van der Waals surface area contributed by atoms with Crippen LogP contribution < -0.4 is 0 Å². The Bertz CT molecular complexity index is 151. The molecule has 0 amide bonds. The Morgan fingerprint density at radius 3 is 1.47 bits per heavy atom. The van der Waals surface area contributed by atoms with Crippen molar-refractivity contribution in [3.8, 4) is 0 Å². The van der Waals surface area contributed by atoms with Crippen molar-refractivity contribution in [2.24, 2.45) is 0 Å². The third kappa shape index (κ3) is 19.4. The number of hydrogen-bond acceptors (Lipinski definition) is 3. The molecule has 2 N–H and O–H groups in total. The molecule has 0 atom stereocenters. The van der Waals surface area contributed by atoms with Crippen molar-refractivity contribution < 1.29 is 15.4 Å². The minimum atomic E-state index is -2.13. The number of unbranched alkanes of at least 4 members (excludes halogenated alkanes) is 9. The van der Waals surface area contributed by atoms with E-state index in [9.17, 15) is 5.21 Å². The molecule has 0 bridgehead atoms. The number of hydrogen-bond donors (Lipinski definition) is 2. The van der Waals surface area contributed by atoms with Crippen LogP contribution in [-0.2, 0) is 0 Å². The average Bonchev–Trinajstić information content (AvgIpc) is 2.19. The van der Waals surface area contributed by atoms with Gasteiger partial charge in [0.15, 0.2) is 0 Å². The Labute approximate surface area is 127 Å². The Morgan fingerprint density at radius 2 is 1.12 bits per heavy atom. The van der Waals surface area contributed by atoms with E-state index in [4.69, 9.17) is 10.4 Å². The second kappa shape index (κ2) is 13.3. The minimum absolute atomic E-state index is 0. The van der Waals surface area contributed by atoms with Gasteiger partial charge < -0.3 is 5.21 Å². The molecule has 0 aromatic rings. The third-order valence-electron chi connectivity index (χ3n) is 2.80. The Balaban J connectivity index is 0. The van der Waals surface area contributed by atoms with Gasteiger partial charge in [-0.3, -0.25) is 0 Å². The van der Waals surface area contributed by atoms with Gasteiger partial charge in [0, 0.05) is 6.42 Å². The van der Waals surface area contributed by atoms with Gasteiger partial charge in [-0.15, -0.1) is 0 Å². The maximum atomic E-state index is 10.4. The van der Waals surface area contributed by atoms with Crippen molar-refractivity contribution in [3.63, 3.8) is 0 Å². The standard InChI is InChI=1S/C12H27NO3.Na.H/c1-2-3-4-5-6-7-8-9-10-11-12-13(14,15)16;;/h14-15H,2-12H2,1H3;;. The fourth-order valence-corrected chi connectivity index (χ4v) is 1.81. The molecule has 0 spiro atoms. The van der Waals surface area contributed by atoms with Crippen LogP contribution in [-0.4, -0.2) is 51.5 Å². The molecule has 17 heavy (non-hydrogen) atoms. The zero-order valence-electron chi connectivity index (χ0n) is 10.5. The van der Waals surface area contributed by atoms with Crippen LogP contribution in [0.2, 0.25) is 0 Å². The molecule has 0 fully saturated rings. The van der Waals surface area contributed by atoms with Crippen molar-refractivity contribution in [2.75, 3.05) is 6.54 Å². The van der Waals surface area contributed by atoms with Gasteiger partial charge in [0.2, 0.25) is 0 Å². The molecule has 5 heteroatoms. The first-order chi connectivity index (χ1) is 7.56. The first kappa shape index (κ1) is 20.2. The van der Waals surface area contributed by atoms with Gasteiger partial charge in [0.1, 0.15) is 6.54 Å². The van der Waals surface area contributed by atoms with Crippen LogP contribution in [0.4, 0.5) is 0 Å².